The van der Waals surface area contributed by atoms with Gasteiger partial charge in [-0.05, 0) is 86.1 Å². The first-order valence-electron chi connectivity index (χ1n) is 29.1. The summed E-state index contributed by atoms with van der Waals surface area (Å²) in [6, 6.07) is 33.7. The van der Waals surface area contributed by atoms with Crippen molar-refractivity contribution >= 4 is 104 Å². The number of hydrogen-bond donors (Lipinski definition) is 0. The fourth-order valence-corrected chi connectivity index (χ4v) is 14.0. The molecule has 428 valence electrons. The van der Waals surface area contributed by atoms with Gasteiger partial charge in [0.2, 0.25) is 9.49 Å². The molecule has 0 aliphatic carbocycles. The van der Waals surface area contributed by atoms with E-state index in [1.165, 1.54) is 77.0 Å². The van der Waals surface area contributed by atoms with E-state index < -0.39 is 65.2 Å². The minimum atomic E-state index is -5.36. The van der Waals surface area contributed by atoms with Gasteiger partial charge in [-0.3, -0.25) is 19.2 Å². The molecule has 2 heterocycles. The molecule has 6 rings (SSSR count). The molecular weight excluding hydrogens is 1060 g/mol. The van der Waals surface area contributed by atoms with Crippen molar-refractivity contribution in [1.82, 2.24) is 0 Å². The van der Waals surface area contributed by atoms with Crippen LogP contribution in [0.5, 0.6) is 0 Å². The van der Waals surface area contributed by atoms with Gasteiger partial charge >= 0.3 is 37.7 Å². The van der Waals surface area contributed by atoms with Gasteiger partial charge in [0.25, 0.3) is 23.6 Å². The number of hydrazine groups is 2. The second-order valence-electron chi connectivity index (χ2n) is 21.1. The maximum absolute atomic E-state index is 14.2. The fourth-order valence-electron chi connectivity index (χ4n) is 11.5. The quantitative estimate of drug-likeness (QED) is 0.0188. The minimum absolute atomic E-state index is 0. The van der Waals surface area contributed by atoms with Crippen LogP contribution in [0.3, 0.4) is 0 Å². The molecule has 4 amide bonds. The van der Waals surface area contributed by atoms with Crippen LogP contribution in [0.25, 0.3) is 0 Å². The molecule has 2 fully saturated rings. The van der Waals surface area contributed by atoms with Crippen molar-refractivity contribution in [2.45, 2.75) is 204 Å². The monoisotopic (exact) mass is 1150 g/mol. The van der Waals surface area contributed by atoms with Crippen molar-refractivity contribution in [3.8, 4) is 0 Å². The van der Waals surface area contributed by atoms with E-state index in [4.69, 9.17) is 0 Å². The van der Waals surface area contributed by atoms with E-state index in [2.05, 4.69) is 13.8 Å². The van der Waals surface area contributed by atoms with Crippen LogP contribution in [0.2, 0.25) is 0 Å². The number of anilines is 4. The van der Waals surface area contributed by atoms with Crippen LogP contribution in [0.4, 0.5) is 22.7 Å². The Kier molecular flexibility index (Phi) is 28.7. The van der Waals surface area contributed by atoms with Gasteiger partial charge in [-0.15, -0.1) is 0 Å². The van der Waals surface area contributed by atoms with Gasteiger partial charge in [0.1, 0.15) is 20.2 Å². The van der Waals surface area contributed by atoms with Gasteiger partial charge in [0, 0.05) is 0 Å². The number of hydrogen-bond acceptors (Lipinski definition) is 10. The number of carbonyl (C=O) groups excluding carboxylic acids is 4. The van der Waals surface area contributed by atoms with E-state index in [9.17, 15) is 45.1 Å². The zero-order valence-electron chi connectivity index (χ0n) is 47.5. The molecule has 17 heteroatoms. The Bertz CT molecular complexity index is 2390. The summed E-state index contributed by atoms with van der Waals surface area (Å²) < 4.78 is 73.1. The van der Waals surface area contributed by atoms with E-state index in [1.54, 1.807) is 121 Å². The maximum atomic E-state index is 14.2. The summed E-state index contributed by atoms with van der Waals surface area (Å²) in [5.41, 5.74) is 1.33. The third kappa shape index (κ3) is 16.5. The smallest absolute Gasteiger partial charge is 0.747 e. The van der Waals surface area contributed by atoms with Crippen molar-refractivity contribution in [2.24, 2.45) is 11.8 Å². The first-order chi connectivity index (χ1) is 37.6. The molecule has 2 aliphatic rings. The Morgan fingerprint density at radius 2 is 0.532 bits per heavy atom. The zero-order valence-corrected chi connectivity index (χ0v) is 51.3. The molecule has 4 aromatic rings. The molecule has 0 saturated carbocycles. The topological polar surface area (TPSA) is 196 Å². The Balaban J connectivity index is 0.000000336. The summed E-state index contributed by atoms with van der Waals surface area (Å²) in [7, 11) is -10.7. The van der Waals surface area contributed by atoms with Crippen molar-refractivity contribution in [3.05, 3.63) is 121 Å². The van der Waals surface area contributed by atoms with Crippen LogP contribution in [-0.4, -0.2) is 96.8 Å². The Hall–Kier alpha value is -4.16. The van der Waals surface area contributed by atoms with Crippen LogP contribution >= 0.6 is 0 Å². The molecule has 0 spiro atoms. The summed E-state index contributed by atoms with van der Waals surface area (Å²) in [4.78, 5) is 56.6. The van der Waals surface area contributed by atoms with Crippen molar-refractivity contribution in [2.75, 3.05) is 20.0 Å². The van der Waals surface area contributed by atoms with Crippen LogP contribution in [0.1, 0.15) is 195 Å². The molecule has 2 aliphatic heterocycles. The first kappa shape index (κ1) is 67.3. The molecule has 2 saturated heterocycles. The molecule has 79 heavy (non-hydrogen) atoms. The molecule has 0 bridgehead atoms. The Morgan fingerprint density at radius 3 is 0.722 bits per heavy atom. The van der Waals surface area contributed by atoms with E-state index in [0.717, 1.165) is 58.6 Å². The number of nitrogens with zero attached hydrogens (tertiary/aromatic N) is 4. The third-order valence-electron chi connectivity index (χ3n) is 15.5. The van der Waals surface area contributed by atoms with Crippen molar-refractivity contribution in [3.63, 3.8) is 0 Å². The Morgan fingerprint density at radius 1 is 0.329 bits per heavy atom. The molecule has 4 aromatic carbocycles. The predicted octanol–water partition coefficient (Wildman–Crippen LogP) is 13.6. The normalized spacial score (nSPS) is 16.0. The summed E-state index contributed by atoms with van der Waals surface area (Å²) in [6.45, 7) is 8.17. The standard InChI is InChI=1S/2C31H44N2O5S.Ca/c2*1-3-5-6-7-8-9-10-11-12-15-21-26(20-4-2)31(39(36,37)38)29(34)32(27-22-16-13-17-23-27)33(30(31)35)28-24-18-14-19-25-28;/h2*13-14,16-19,22-26H,3-12,15,20-21H2,1-2H3,(H,36,37,38);/q;;+2/p-2. The number of para-hydroxylation sites is 4. The third-order valence-corrected chi connectivity index (χ3v) is 18.4. The molecular formula is C62H86CaN4O10S2. The van der Waals surface area contributed by atoms with E-state index in [0.29, 0.717) is 74.1 Å². The van der Waals surface area contributed by atoms with E-state index in [1.807, 2.05) is 13.8 Å². The van der Waals surface area contributed by atoms with Crippen molar-refractivity contribution < 1.29 is 45.1 Å². The molecule has 2 atom stereocenters. The summed E-state index contributed by atoms with van der Waals surface area (Å²) in [5.74, 6) is -5.74. The van der Waals surface area contributed by atoms with Gasteiger partial charge in [0.15, 0.2) is 0 Å². The van der Waals surface area contributed by atoms with E-state index >= 15 is 0 Å². The first-order valence-corrected chi connectivity index (χ1v) is 31.9. The SMILES string of the molecule is CCCCCCCCCCCCC(CCC)C1(S(=O)(=O)[O-])C(=O)N(c2ccccc2)N(c2ccccc2)C1=O.CCCCCCCCCCCCC(CCC)C1(S(=O)(=O)[O-])C(=O)N(c2ccccc2)N(c2ccccc2)C1=O.[Ca+2]. The summed E-state index contributed by atoms with van der Waals surface area (Å²) >= 11 is 0. The average molecular weight is 1150 g/mol. The number of rotatable bonds is 34. The van der Waals surface area contributed by atoms with Gasteiger partial charge in [-0.2, -0.15) is 0 Å². The zero-order chi connectivity index (χ0) is 56.6. The number of amides is 4. The molecule has 0 aromatic heterocycles. The van der Waals surface area contributed by atoms with Crippen LogP contribution in [0.15, 0.2) is 121 Å². The van der Waals surface area contributed by atoms with Gasteiger partial charge in [0.05, 0.1) is 22.7 Å². The second kappa shape index (κ2) is 33.7. The fraction of sp³-hybridized carbons (Fsp3) is 0.548. The minimum Gasteiger partial charge on any atom is -0.747 e. The van der Waals surface area contributed by atoms with Crippen LogP contribution in [0, 0.1) is 11.8 Å². The van der Waals surface area contributed by atoms with Crippen LogP contribution in [-0.2, 0) is 39.4 Å². The van der Waals surface area contributed by atoms with Gasteiger partial charge in [-0.25, -0.2) is 36.9 Å². The molecule has 0 radical (unpaired) electrons. The largest absolute Gasteiger partial charge is 2.00 e. The van der Waals surface area contributed by atoms with Gasteiger partial charge < -0.3 is 9.11 Å². The summed E-state index contributed by atoms with van der Waals surface area (Å²) in [5, 5.41) is 4.31. The molecule has 14 nitrogen and oxygen atoms in total. The van der Waals surface area contributed by atoms with E-state index in [-0.39, 0.29) is 37.7 Å². The Labute approximate surface area is 502 Å². The van der Waals surface area contributed by atoms with Crippen LogP contribution < -0.4 is 20.0 Å². The maximum Gasteiger partial charge on any atom is 2.00 e. The average Bonchev–Trinajstić information content (AvgIpc) is 3.91. The van der Waals surface area contributed by atoms with Gasteiger partial charge in [-0.1, -0.05) is 242 Å². The second-order valence-corrected chi connectivity index (χ2v) is 24.2. The number of unbranched alkanes of at least 4 members (excludes halogenated alkanes) is 18. The number of carbonyl (C=O) groups is 4. The molecule has 0 N–H and O–H groups in total. The summed E-state index contributed by atoms with van der Waals surface area (Å²) in [6.07, 6.45) is 24.6. The molecule has 2 unspecified atom stereocenters. The van der Waals surface area contributed by atoms with Crippen molar-refractivity contribution in [1.29, 1.82) is 0 Å². The predicted molar refractivity (Wildman–Crippen MR) is 316 cm³/mol. The number of benzene rings is 4.